The second-order valence-electron chi connectivity index (χ2n) is 4.66. The van der Waals surface area contributed by atoms with E-state index in [0.717, 1.165) is 0 Å². The Kier molecular flexibility index (Phi) is 4.77. The summed E-state index contributed by atoms with van der Waals surface area (Å²) >= 11 is 0. The summed E-state index contributed by atoms with van der Waals surface area (Å²) in [6.45, 7) is 3.51. The van der Waals surface area contributed by atoms with E-state index in [1.54, 1.807) is 32.0 Å². The number of anilines is 1. The molecule has 1 heterocycles. The molecule has 22 heavy (non-hydrogen) atoms. The van der Waals surface area contributed by atoms with Crippen molar-refractivity contribution in [2.24, 2.45) is 0 Å². The Balaban J connectivity index is 2.06. The first kappa shape index (κ1) is 15.6. The molecule has 7 nitrogen and oxygen atoms in total. The topological polar surface area (TPSA) is 102 Å². The molecule has 0 unspecified atom stereocenters. The molecule has 1 aromatic carbocycles. The van der Waals surface area contributed by atoms with Crippen LogP contribution in [0.5, 0.6) is 5.75 Å². The maximum Gasteiger partial charge on any atom is 0.335 e. The molecule has 0 saturated heterocycles. The lowest BCUT2D eigenvalue weighted by Crippen LogP contribution is -2.32. The third kappa shape index (κ3) is 3.85. The van der Waals surface area contributed by atoms with Gasteiger partial charge in [-0.3, -0.25) is 4.79 Å². The lowest BCUT2D eigenvalue weighted by molar-refractivity contribution is -0.122. The molecule has 0 fully saturated rings. The smallest absolute Gasteiger partial charge is 0.335 e. The summed E-state index contributed by atoms with van der Waals surface area (Å²) in [7, 11) is 0. The van der Waals surface area contributed by atoms with Crippen molar-refractivity contribution in [2.75, 3.05) is 5.32 Å². The van der Waals surface area contributed by atoms with Crippen molar-refractivity contribution in [3.63, 3.8) is 0 Å². The van der Waals surface area contributed by atoms with Gasteiger partial charge in [0.05, 0.1) is 5.56 Å². The lowest BCUT2D eigenvalue weighted by atomic mass is 10.2. The maximum absolute atomic E-state index is 12.1. The molecule has 0 aliphatic heterocycles. The van der Waals surface area contributed by atoms with Crippen LogP contribution in [-0.4, -0.2) is 28.2 Å². The fourth-order valence-electron chi connectivity index (χ4n) is 1.82. The summed E-state index contributed by atoms with van der Waals surface area (Å²) in [6, 6.07) is 7.58. The van der Waals surface area contributed by atoms with Gasteiger partial charge in [-0.15, -0.1) is 0 Å². The average Bonchev–Trinajstić information content (AvgIpc) is 2.90. The number of carboxylic acid groups (broad SMARTS) is 1. The molecule has 1 amide bonds. The zero-order chi connectivity index (χ0) is 16.1. The first-order valence-corrected chi connectivity index (χ1v) is 6.73. The van der Waals surface area contributed by atoms with Crippen LogP contribution >= 0.6 is 0 Å². The number of hydrogen-bond acceptors (Lipinski definition) is 5. The van der Waals surface area contributed by atoms with Gasteiger partial charge in [-0.2, -0.15) is 0 Å². The first-order chi connectivity index (χ1) is 10.5. The minimum absolute atomic E-state index is 0.0971. The number of aromatic carboxylic acids is 1. The third-order valence-electron chi connectivity index (χ3n) is 2.90. The summed E-state index contributed by atoms with van der Waals surface area (Å²) in [6.07, 6.45) is -0.346. The van der Waals surface area contributed by atoms with E-state index < -0.39 is 12.1 Å². The summed E-state index contributed by atoms with van der Waals surface area (Å²) in [5.74, 6) is -0.224. The maximum atomic E-state index is 12.1. The van der Waals surface area contributed by atoms with Gasteiger partial charge in [-0.25, -0.2) is 4.79 Å². The summed E-state index contributed by atoms with van der Waals surface area (Å²) in [5.41, 5.74) is 0.0971. The Hall–Kier alpha value is -2.83. The third-order valence-corrected chi connectivity index (χ3v) is 2.90. The largest absolute Gasteiger partial charge is 0.481 e. The van der Waals surface area contributed by atoms with E-state index >= 15 is 0 Å². The number of nitrogens with one attached hydrogen (secondary N) is 1. The Bertz CT molecular complexity index is 680. The SMILES string of the molecule is CC[C@H](Oc1cccc(C(=O)O)c1)C(=O)Nc1cc(C)on1. The predicted molar refractivity (Wildman–Crippen MR) is 78.0 cm³/mol. The van der Waals surface area contributed by atoms with Crippen LogP contribution in [0.15, 0.2) is 34.9 Å². The molecule has 116 valence electrons. The van der Waals surface area contributed by atoms with Crippen LogP contribution in [0.2, 0.25) is 0 Å². The molecule has 2 N–H and O–H groups in total. The molecular formula is C15H16N2O5. The van der Waals surface area contributed by atoms with E-state index in [0.29, 0.717) is 23.7 Å². The number of hydrogen-bond donors (Lipinski definition) is 2. The molecule has 0 aliphatic rings. The molecule has 0 aliphatic carbocycles. The molecule has 0 bridgehead atoms. The van der Waals surface area contributed by atoms with Crippen molar-refractivity contribution in [1.29, 1.82) is 0 Å². The molecule has 2 rings (SSSR count). The molecule has 0 saturated carbocycles. The number of aromatic nitrogens is 1. The summed E-state index contributed by atoms with van der Waals surface area (Å²) in [4.78, 5) is 23.1. The van der Waals surface area contributed by atoms with Crippen molar-refractivity contribution >= 4 is 17.7 Å². The number of rotatable bonds is 6. The van der Waals surface area contributed by atoms with Crippen LogP contribution in [0.3, 0.4) is 0 Å². The minimum Gasteiger partial charge on any atom is -0.481 e. The second-order valence-corrected chi connectivity index (χ2v) is 4.66. The number of nitrogens with zero attached hydrogens (tertiary/aromatic N) is 1. The van der Waals surface area contributed by atoms with Crippen LogP contribution in [0.4, 0.5) is 5.82 Å². The lowest BCUT2D eigenvalue weighted by Gasteiger charge is -2.16. The number of carbonyl (C=O) groups is 2. The van der Waals surface area contributed by atoms with E-state index in [2.05, 4.69) is 10.5 Å². The van der Waals surface area contributed by atoms with Crippen LogP contribution < -0.4 is 10.1 Å². The van der Waals surface area contributed by atoms with Gasteiger partial charge in [0, 0.05) is 6.07 Å². The van der Waals surface area contributed by atoms with Crippen molar-refractivity contribution in [3.8, 4) is 5.75 Å². The molecule has 0 radical (unpaired) electrons. The van der Waals surface area contributed by atoms with Crippen LogP contribution in [0, 0.1) is 6.92 Å². The molecular weight excluding hydrogens is 288 g/mol. The molecule has 0 spiro atoms. The van der Waals surface area contributed by atoms with Crippen LogP contribution in [0.1, 0.15) is 29.5 Å². The highest BCUT2D eigenvalue weighted by Crippen LogP contribution is 2.17. The number of ether oxygens (including phenoxy) is 1. The number of aryl methyl sites for hydroxylation is 1. The standard InChI is InChI=1S/C15H16N2O5/c1-3-12(14(18)16-13-7-9(2)22-17-13)21-11-6-4-5-10(8-11)15(19)20/h4-8,12H,3H2,1-2H3,(H,19,20)(H,16,17,18)/t12-/m0/s1. The summed E-state index contributed by atoms with van der Waals surface area (Å²) < 4.78 is 10.4. The van der Waals surface area contributed by atoms with E-state index in [1.807, 2.05) is 0 Å². The van der Waals surface area contributed by atoms with Gasteiger partial charge >= 0.3 is 5.97 Å². The Labute approximate surface area is 126 Å². The van der Waals surface area contributed by atoms with Crippen molar-refractivity contribution in [2.45, 2.75) is 26.4 Å². The predicted octanol–water partition coefficient (Wildman–Crippen LogP) is 2.48. The van der Waals surface area contributed by atoms with E-state index in [9.17, 15) is 9.59 Å². The highest BCUT2D eigenvalue weighted by molar-refractivity contribution is 5.93. The van der Waals surface area contributed by atoms with Gasteiger partial charge in [0.2, 0.25) is 0 Å². The highest BCUT2D eigenvalue weighted by Gasteiger charge is 2.20. The highest BCUT2D eigenvalue weighted by atomic mass is 16.5. The van der Waals surface area contributed by atoms with E-state index in [4.69, 9.17) is 14.4 Å². The van der Waals surface area contributed by atoms with Gasteiger partial charge in [0.1, 0.15) is 11.5 Å². The van der Waals surface area contributed by atoms with E-state index in [1.165, 1.54) is 12.1 Å². The quantitative estimate of drug-likeness (QED) is 0.850. The zero-order valence-electron chi connectivity index (χ0n) is 12.2. The van der Waals surface area contributed by atoms with Gasteiger partial charge in [0.25, 0.3) is 5.91 Å². The van der Waals surface area contributed by atoms with Crippen molar-refractivity contribution in [3.05, 3.63) is 41.7 Å². The van der Waals surface area contributed by atoms with Crippen molar-refractivity contribution < 1.29 is 24.0 Å². The number of carboxylic acids is 1. The Morgan fingerprint density at radius 3 is 2.77 bits per heavy atom. The number of carbonyl (C=O) groups excluding carboxylic acids is 1. The summed E-state index contributed by atoms with van der Waals surface area (Å²) in [5, 5.41) is 15.2. The van der Waals surface area contributed by atoms with Crippen LogP contribution in [0.25, 0.3) is 0 Å². The van der Waals surface area contributed by atoms with Gasteiger partial charge < -0.3 is 19.7 Å². The number of benzene rings is 1. The Morgan fingerprint density at radius 1 is 1.41 bits per heavy atom. The van der Waals surface area contributed by atoms with Gasteiger partial charge in [-0.05, 0) is 31.5 Å². The normalized spacial score (nSPS) is 11.7. The van der Waals surface area contributed by atoms with Crippen molar-refractivity contribution in [1.82, 2.24) is 5.16 Å². The molecule has 7 heteroatoms. The molecule has 2 aromatic rings. The monoisotopic (exact) mass is 304 g/mol. The van der Waals surface area contributed by atoms with E-state index in [-0.39, 0.29) is 11.5 Å². The molecule has 1 atom stereocenters. The number of amides is 1. The average molecular weight is 304 g/mol. The zero-order valence-corrected chi connectivity index (χ0v) is 12.2. The van der Waals surface area contributed by atoms with Gasteiger partial charge in [0.15, 0.2) is 11.9 Å². The molecule has 1 aromatic heterocycles. The fraction of sp³-hybridized carbons (Fsp3) is 0.267. The minimum atomic E-state index is -1.05. The fourth-order valence-corrected chi connectivity index (χ4v) is 1.82. The van der Waals surface area contributed by atoms with Crippen LogP contribution in [-0.2, 0) is 4.79 Å². The second kappa shape index (κ2) is 6.75. The first-order valence-electron chi connectivity index (χ1n) is 6.73. The van der Waals surface area contributed by atoms with Gasteiger partial charge in [-0.1, -0.05) is 18.1 Å². The Morgan fingerprint density at radius 2 is 2.18 bits per heavy atom.